The van der Waals surface area contributed by atoms with Crippen LogP contribution >= 0.6 is 0 Å². The molecule has 0 spiro atoms. The van der Waals surface area contributed by atoms with Crippen molar-refractivity contribution in [2.24, 2.45) is 7.05 Å². The predicted molar refractivity (Wildman–Crippen MR) is 96.7 cm³/mol. The van der Waals surface area contributed by atoms with E-state index in [-0.39, 0.29) is 18.8 Å². The van der Waals surface area contributed by atoms with E-state index >= 15 is 0 Å². The number of anilines is 1. The van der Waals surface area contributed by atoms with Gasteiger partial charge in [0.2, 0.25) is 5.92 Å². The van der Waals surface area contributed by atoms with Gasteiger partial charge >= 0.3 is 6.09 Å². The minimum Gasteiger partial charge on any atom is -0.444 e. The first-order valence-electron chi connectivity index (χ1n) is 8.89. The zero-order chi connectivity index (χ0) is 19.1. The summed E-state index contributed by atoms with van der Waals surface area (Å²) in [5, 5.41) is 8.18. The molecule has 0 aliphatic heterocycles. The van der Waals surface area contributed by atoms with Crippen molar-refractivity contribution >= 4 is 22.7 Å². The molecule has 7 heteroatoms. The summed E-state index contributed by atoms with van der Waals surface area (Å²) >= 11 is 0. The molecule has 142 valence electrons. The fourth-order valence-corrected chi connectivity index (χ4v) is 3.41. The van der Waals surface area contributed by atoms with Crippen molar-refractivity contribution in [2.75, 3.05) is 5.32 Å². The largest absolute Gasteiger partial charge is 0.444 e. The maximum Gasteiger partial charge on any atom is 0.412 e. The number of aromatic nitrogens is 2. The Kier molecular flexibility index (Phi) is 4.67. The molecule has 0 bridgehead atoms. The summed E-state index contributed by atoms with van der Waals surface area (Å²) in [6.45, 7) is 5.40. The second kappa shape index (κ2) is 6.52. The quantitative estimate of drug-likeness (QED) is 0.794. The Balaban J connectivity index is 1.85. The van der Waals surface area contributed by atoms with Crippen LogP contribution in [0.25, 0.3) is 10.9 Å². The van der Waals surface area contributed by atoms with Gasteiger partial charge in [0, 0.05) is 36.9 Å². The molecule has 3 rings (SSSR count). The monoisotopic (exact) mass is 365 g/mol. The van der Waals surface area contributed by atoms with Gasteiger partial charge in [-0.2, -0.15) is 5.10 Å². The van der Waals surface area contributed by atoms with Crippen LogP contribution in [-0.4, -0.2) is 27.4 Å². The van der Waals surface area contributed by atoms with Gasteiger partial charge in [0.05, 0.1) is 11.2 Å². The number of hydrogen-bond acceptors (Lipinski definition) is 3. The molecule has 1 N–H and O–H groups in total. The van der Waals surface area contributed by atoms with E-state index in [1.165, 1.54) is 0 Å². The number of amides is 1. The van der Waals surface area contributed by atoms with Crippen LogP contribution in [-0.2, 0) is 11.8 Å². The van der Waals surface area contributed by atoms with E-state index in [1.807, 2.05) is 19.2 Å². The number of fused-ring (bicyclic) bond motifs is 1. The molecular formula is C19H25F2N3O2. The topological polar surface area (TPSA) is 56.2 Å². The Morgan fingerprint density at radius 2 is 1.96 bits per heavy atom. The van der Waals surface area contributed by atoms with E-state index in [2.05, 4.69) is 10.4 Å². The average Bonchev–Trinajstić information content (AvgIpc) is 2.82. The molecule has 1 fully saturated rings. The summed E-state index contributed by atoms with van der Waals surface area (Å²) in [7, 11) is 1.84. The lowest BCUT2D eigenvalue weighted by molar-refractivity contribution is -0.0384. The number of benzene rings is 1. The molecule has 1 aromatic heterocycles. The van der Waals surface area contributed by atoms with Gasteiger partial charge in [-0.3, -0.25) is 10.00 Å². The van der Waals surface area contributed by atoms with Gasteiger partial charge in [-0.15, -0.1) is 0 Å². The van der Waals surface area contributed by atoms with Gasteiger partial charge in [-0.1, -0.05) is 0 Å². The van der Waals surface area contributed by atoms with Crippen molar-refractivity contribution in [2.45, 2.75) is 63.9 Å². The molecular weight excluding hydrogens is 340 g/mol. The lowest BCUT2D eigenvalue weighted by Gasteiger charge is -2.27. The first-order chi connectivity index (χ1) is 12.0. The zero-order valence-corrected chi connectivity index (χ0v) is 15.6. The lowest BCUT2D eigenvalue weighted by atomic mass is 9.84. The SMILES string of the molecule is Cn1nc(C2CCC(F)(F)CC2)c2cc(NC(=O)OC(C)(C)C)ccc21. The van der Waals surface area contributed by atoms with Crippen LogP contribution in [0.4, 0.5) is 19.3 Å². The Morgan fingerprint density at radius 1 is 1.31 bits per heavy atom. The van der Waals surface area contributed by atoms with Crippen molar-refractivity contribution in [1.82, 2.24) is 9.78 Å². The fourth-order valence-electron chi connectivity index (χ4n) is 3.41. The van der Waals surface area contributed by atoms with Crippen molar-refractivity contribution < 1.29 is 18.3 Å². The molecule has 0 atom stereocenters. The highest BCUT2D eigenvalue weighted by molar-refractivity contribution is 5.91. The molecule has 1 saturated carbocycles. The van der Waals surface area contributed by atoms with E-state index < -0.39 is 17.6 Å². The number of carbonyl (C=O) groups excluding carboxylic acids is 1. The summed E-state index contributed by atoms with van der Waals surface area (Å²) in [6.07, 6.45) is 0.0997. The summed E-state index contributed by atoms with van der Waals surface area (Å²) in [6, 6.07) is 5.50. The van der Waals surface area contributed by atoms with Crippen LogP contribution in [0.5, 0.6) is 0 Å². The number of nitrogens with zero attached hydrogens (tertiary/aromatic N) is 2. The number of halogens is 2. The zero-order valence-electron chi connectivity index (χ0n) is 15.6. The second-order valence-corrected chi connectivity index (χ2v) is 8.00. The molecule has 1 aliphatic carbocycles. The third-order valence-electron chi connectivity index (χ3n) is 4.63. The smallest absolute Gasteiger partial charge is 0.412 e. The number of carbonyl (C=O) groups is 1. The van der Waals surface area contributed by atoms with Crippen LogP contribution in [0.15, 0.2) is 18.2 Å². The molecule has 5 nitrogen and oxygen atoms in total. The summed E-state index contributed by atoms with van der Waals surface area (Å²) in [4.78, 5) is 12.0. The number of aryl methyl sites for hydroxylation is 1. The van der Waals surface area contributed by atoms with Crippen LogP contribution in [0.1, 0.15) is 58.1 Å². The van der Waals surface area contributed by atoms with Crippen molar-refractivity contribution in [1.29, 1.82) is 0 Å². The molecule has 0 saturated heterocycles. The number of alkyl halides is 2. The summed E-state index contributed by atoms with van der Waals surface area (Å²) in [5.41, 5.74) is 1.75. The molecule has 2 aromatic rings. The summed E-state index contributed by atoms with van der Waals surface area (Å²) in [5.74, 6) is -2.56. The molecule has 0 radical (unpaired) electrons. The third-order valence-corrected chi connectivity index (χ3v) is 4.63. The number of rotatable bonds is 2. The highest BCUT2D eigenvalue weighted by Gasteiger charge is 2.36. The second-order valence-electron chi connectivity index (χ2n) is 8.00. The standard InChI is InChI=1S/C19H25F2N3O2/c1-18(2,3)26-17(25)22-13-5-6-15-14(11-13)16(23-24(15)4)12-7-9-19(20,21)10-8-12/h5-6,11-12H,7-10H2,1-4H3,(H,22,25). The minimum absolute atomic E-state index is 0.00935. The molecule has 26 heavy (non-hydrogen) atoms. The van der Waals surface area contributed by atoms with Gasteiger partial charge in [0.1, 0.15) is 5.60 Å². The van der Waals surface area contributed by atoms with Crippen LogP contribution < -0.4 is 5.32 Å². The maximum absolute atomic E-state index is 13.5. The number of nitrogens with one attached hydrogen (secondary N) is 1. The first-order valence-corrected chi connectivity index (χ1v) is 8.89. The van der Waals surface area contributed by atoms with E-state index in [0.29, 0.717) is 18.5 Å². The third kappa shape index (κ3) is 4.14. The Hall–Kier alpha value is -2.18. The maximum atomic E-state index is 13.5. The van der Waals surface area contributed by atoms with Crippen LogP contribution in [0.2, 0.25) is 0 Å². The van der Waals surface area contributed by atoms with E-state index in [4.69, 9.17) is 4.74 Å². The van der Waals surface area contributed by atoms with Crippen molar-refractivity contribution in [3.63, 3.8) is 0 Å². The van der Waals surface area contributed by atoms with E-state index in [0.717, 1.165) is 16.6 Å². The van der Waals surface area contributed by atoms with Gasteiger partial charge in [-0.25, -0.2) is 13.6 Å². The Bertz CT molecular complexity index is 814. The van der Waals surface area contributed by atoms with Gasteiger partial charge in [0.15, 0.2) is 0 Å². The highest BCUT2D eigenvalue weighted by Crippen LogP contribution is 2.42. The molecule has 1 amide bonds. The van der Waals surface area contributed by atoms with Gasteiger partial charge < -0.3 is 4.74 Å². The molecule has 1 aliphatic rings. The van der Waals surface area contributed by atoms with Crippen LogP contribution in [0.3, 0.4) is 0 Å². The number of hydrogen-bond donors (Lipinski definition) is 1. The Morgan fingerprint density at radius 3 is 2.58 bits per heavy atom. The normalized spacial score (nSPS) is 18.1. The molecule has 0 unspecified atom stereocenters. The molecule has 1 heterocycles. The highest BCUT2D eigenvalue weighted by atomic mass is 19.3. The van der Waals surface area contributed by atoms with Crippen molar-refractivity contribution in [3.8, 4) is 0 Å². The van der Waals surface area contributed by atoms with E-state index in [9.17, 15) is 13.6 Å². The van der Waals surface area contributed by atoms with Crippen molar-refractivity contribution in [3.05, 3.63) is 23.9 Å². The van der Waals surface area contributed by atoms with E-state index in [1.54, 1.807) is 31.5 Å². The minimum atomic E-state index is -2.56. The number of ether oxygens (including phenoxy) is 1. The lowest BCUT2D eigenvalue weighted by Crippen LogP contribution is -2.27. The van der Waals surface area contributed by atoms with Gasteiger partial charge in [0.25, 0.3) is 0 Å². The average molecular weight is 365 g/mol. The first kappa shape index (κ1) is 18.6. The summed E-state index contributed by atoms with van der Waals surface area (Å²) < 4.78 is 34.0. The fraction of sp³-hybridized carbons (Fsp3) is 0.579. The molecule has 1 aromatic carbocycles. The predicted octanol–water partition coefficient (Wildman–Crippen LogP) is 5.21. The Labute approximate surface area is 151 Å². The van der Waals surface area contributed by atoms with Gasteiger partial charge in [-0.05, 0) is 51.8 Å². The van der Waals surface area contributed by atoms with Crippen LogP contribution in [0, 0.1) is 0 Å².